The van der Waals surface area contributed by atoms with Crippen molar-refractivity contribution in [2.75, 3.05) is 18.0 Å². The highest BCUT2D eigenvalue weighted by molar-refractivity contribution is 6.31. The Hall–Kier alpha value is -1.24. The van der Waals surface area contributed by atoms with Crippen molar-refractivity contribution in [2.45, 2.75) is 19.4 Å². The summed E-state index contributed by atoms with van der Waals surface area (Å²) in [6.45, 7) is 2.75. The van der Waals surface area contributed by atoms with Gasteiger partial charge in [-0.2, -0.15) is 4.98 Å². The molecular weight excluding hydrogens is 306 g/mol. The summed E-state index contributed by atoms with van der Waals surface area (Å²) in [6.07, 6.45) is 0.204. The minimum atomic E-state index is -0.711. The van der Waals surface area contributed by atoms with Gasteiger partial charge in [-0.15, -0.1) is 0 Å². The SMILES string of the molecule is Cc1nc(Cl)c(F)c2nc(Cl)nc(N3CC[C@@H](O)C3)c12. The summed E-state index contributed by atoms with van der Waals surface area (Å²) < 4.78 is 14.1. The smallest absolute Gasteiger partial charge is 0.225 e. The standard InChI is InChI=1S/C12H11Cl2FN4O/c1-5-7-9(8(15)10(13)16-5)17-12(14)18-11(7)19-3-2-6(20)4-19/h6,20H,2-4H2,1H3/t6-/m1/s1. The van der Waals surface area contributed by atoms with E-state index in [9.17, 15) is 9.50 Å². The Kier molecular flexibility index (Phi) is 3.40. The topological polar surface area (TPSA) is 62.1 Å². The molecule has 1 atom stereocenters. The lowest BCUT2D eigenvalue weighted by Gasteiger charge is -2.19. The van der Waals surface area contributed by atoms with Gasteiger partial charge in [0.1, 0.15) is 11.3 Å². The van der Waals surface area contributed by atoms with Gasteiger partial charge in [0, 0.05) is 13.1 Å². The van der Waals surface area contributed by atoms with Gasteiger partial charge in [-0.25, -0.2) is 14.4 Å². The molecule has 1 aliphatic heterocycles. The Bertz CT molecular complexity index is 697. The van der Waals surface area contributed by atoms with Gasteiger partial charge in [-0.05, 0) is 24.9 Å². The molecule has 0 unspecified atom stereocenters. The molecule has 0 bridgehead atoms. The highest BCUT2D eigenvalue weighted by Gasteiger charge is 2.26. The van der Waals surface area contributed by atoms with Crippen LogP contribution in [0.3, 0.4) is 0 Å². The minimum Gasteiger partial charge on any atom is -0.391 e. The Morgan fingerprint density at radius 1 is 1.30 bits per heavy atom. The van der Waals surface area contributed by atoms with Gasteiger partial charge >= 0.3 is 0 Å². The van der Waals surface area contributed by atoms with Gasteiger partial charge in [-0.1, -0.05) is 11.6 Å². The van der Waals surface area contributed by atoms with Gasteiger partial charge < -0.3 is 10.0 Å². The van der Waals surface area contributed by atoms with E-state index in [1.165, 1.54) is 0 Å². The molecule has 1 saturated heterocycles. The summed E-state index contributed by atoms with van der Waals surface area (Å²) in [7, 11) is 0. The molecule has 0 aliphatic carbocycles. The number of nitrogens with zero attached hydrogens (tertiary/aromatic N) is 4. The van der Waals surface area contributed by atoms with Crippen LogP contribution in [0, 0.1) is 12.7 Å². The highest BCUT2D eigenvalue weighted by Crippen LogP contribution is 2.33. The molecule has 3 heterocycles. The highest BCUT2D eigenvalue weighted by atomic mass is 35.5. The molecule has 106 valence electrons. The fourth-order valence-corrected chi connectivity index (χ4v) is 2.81. The number of hydrogen-bond acceptors (Lipinski definition) is 5. The maximum Gasteiger partial charge on any atom is 0.225 e. The second-order valence-electron chi connectivity index (χ2n) is 4.73. The maximum absolute atomic E-state index is 14.1. The molecule has 0 aromatic carbocycles. The third-order valence-corrected chi connectivity index (χ3v) is 3.76. The van der Waals surface area contributed by atoms with Crippen LogP contribution in [0.1, 0.15) is 12.1 Å². The number of pyridine rings is 1. The number of aryl methyl sites for hydroxylation is 1. The summed E-state index contributed by atoms with van der Waals surface area (Å²) in [5.41, 5.74) is 0.582. The zero-order valence-corrected chi connectivity index (χ0v) is 12.1. The summed E-state index contributed by atoms with van der Waals surface area (Å²) >= 11 is 11.6. The molecule has 20 heavy (non-hydrogen) atoms. The third kappa shape index (κ3) is 2.17. The average Bonchev–Trinajstić information content (AvgIpc) is 2.81. The van der Waals surface area contributed by atoms with E-state index in [2.05, 4.69) is 15.0 Å². The first-order valence-corrected chi connectivity index (χ1v) is 6.85. The molecule has 3 rings (SSSR count). The summed E-state index contributed by atoms with van der Waals surface area (Å²) in [4.78, 5) is 13.9. The minimum absolute atomic E-state index is 0.0545. The molecular formula is C12H11Cl2FN4O. The van der Waals surface area contributed by atoms with Crippen molar-refractivity contribution in [3.63, 3.8) is 0 Å². The number of anilines is 1. The third-order valence-electron chi connectivity index (χ3n) is 3.34. The van der Waals surface area contributed by atoms with E-state index in [1.807, 2.05) is 4.90 Å². The summed E-state index contributed by atoms with van der Waals surface area (Å²) in [5.74, 6) is -0.227. The van der Waals surface area contributed by atoms with Gasteiger partial charge in [-0.3, -0.25) is 0 Å². The number of hydrogen-bond donors (Lipinski definition) is 1. The molecule has 5 nitrogen and oxygen atoms in total. The van der Waals surface area contributed by atoms with Gasteiger partial charge in [0.2, 0.25) is 5.28 Å². The van der Waals surface area contributed by atoms with Gasteiger partial charge in [0.05, 0.1) is 17.2 Å². The average molecular weight is 317 g/mol. The van der Waals surface area contributed by atoms with Crippen molar-refractivity contribution >= 4 is 39.9 Å². The van der Waals surface area contributed by atoms with Crippen molar-refractivity contribution in [3.05, 3.63) is 21.9 Å². The quantitative estimate of drug-likeness (QED) is 0.646. The molecule has 8 heteroatoms. The molecule has 0 amide bonds. The van der Waals surface area contributed by atoms with Crippen molar-refractivity contribution in [2.24, 2.45) is 0 Å². The maximum atomic E-state index is 14.1. The zero-order chi connectivity index (χ0) is 14.4. The van der Waals surface area contributed by atoms with E-state index in [0.29, 0.717) is 36.4 Å². The fraction of sp³-hybridized carbons (Fsp3) is 0.417. The van der Waals surface area contributed by atoms with Gasteiger partial charge in [0.25, 0.3) is 0 Å². The van der Waals surface area contributed by atoms with Crippen LogP contribution >= 0.6 is 23.2 Å². The van der Waals surface area contributed by atoms with Crippen LogP contribution in [0.25, 0.3) is 10.9 Å². The molecule has 0 spiro atoms. The van der Waals surface area contributed by atoms with E-state index < -0.39 is 11.9 Å². The van der Waals surface area contributed by atoms with Crippen LogP contribution in [0.2, 0.25) is 10.4 Å². The molecule has 0 radical (unpaired) electrons. The Morgan fingerprint density at radius 3 is 2.70 bits per heavy atom. The van der Waals surface area contributed by atoms with Crippen molar-refractivity contribution in [1.82, 2.24) is 15.0 Å². The summed E-state index contributed by atoms with van der Waals surface area (Å²) in [5, 5.41) is 9.82. The molecule has 1 N–H and O–H groups in total. The molecule has 2 aromatic rings. The first-order valence-electron chi connectivity index (χ1n) is 6.09. The van der Waals surface area contributed by atoms with E-state index in [0.717, 1.165) is 0 Å². The fourth-order valence-electron chi connectivity index (χ4n) is 2.43. The number of fused-ring (bicyclic) bond motifs is 1. The first-order chi connectivity index (χ1) is 9.47. The lowest BCUT2D eigenvalue weighted by Crippen LogP contribution is -2.23. The number of β-amino-alcohol motifs (C(OH)–C–C–N with tert-alkyl or cyclic N) is 1. The largest absolute Gasteiger partial charge is 0.391 e. The Morgan fingerprint density at radius 2 is 2.05 bits per heavy atom. The predicted octanol–water partition coefficient (Wildman–Crippen LogP) is 2.35. The van der Waals surface area contributed by atoms with Crippen LogP contribution in [0.4, 0.5) is 10.2 Å². The van der Waals surface area contributed by atoms with E-state index in [1.54, 1.807) is 6.92 Å². The lowest BCUT2D eigenvalue weighted by molar-refractivity contribution is 0.198. The van der Waals surface area contributed by atoms with Crippen molar-refractivity contribution in [3.8, 4) is 0 Å². The van der Waals surface area contributed by atoms with E-state index in [4.69, 9.17) is 23.2 Å². The molecule has 0 saturated carbocycles. The van der Waals surface area contributed by atoms with Crippen molar-refractivity contribution < 1.29 is 9.50 Å². The van der Waals surface area contributed by atoms with Crippen molar-refractivity contribution in [1.29, 1.82) is 0 Å². The number of aliphatic hydroxyl groups excluding tert-OH is 1. The number of halogens is 3. The van der Waals surface area contributed by atoms with Crippen LogP contribution in [0.15, 0.2) is 0 Å². The van der Waals surface area contributed by atoms with Gasteiger partial charge in [0.15, 0.2) is 11.0 Å². The zero-order valence-electron chi connectivity index (χ0n) is 10.6. The lowest BCUT2D eigenvalue weighted by atomic mass is 10.2. The normalized spacial score (nSPS) is 19.1. The number of rotatable bonds is 1. The second kappa shape index (κ2) is 4.95. The van der Waals surface area contributed by atoms with Crippen LogP contribution < -0.4 is 4.90 Å². The van der Waals surface area contributed by atoms with E-state index in [-0.39, 0.29) is 16.0 Å². The molecule has 1 aliphatic rings. The van der Waals surface area contributed by atoms with Crippen LogP contribution in [-0.2, 0) is 0 Å². The Balaban J connectivity index is 2.29. The monoisotopic (exact) mass is 316 g/mol. The molecule has 2 aromatic heterocycles. The van der Waals surface area contributed by atoms with E-state index >= 15 is 0 Å². The van der Waals surface area contributed by atoms with Crippen LogP contribution in [0.5, 0.6) is 0 Å². The summed E-state index contributed by atoms with van der Waals surface area (Å²) in [6, 6.07) is 0. The Labute approximate surface area is 124 Å². The molecule has 1 fully saturated rings. The second-order valence-corrected chi connectivity index (χ2v) is 5.43. The number of aliphatic hydroxyl groups is 1. The number of aromatic nitrogens is 3. The predicted molar refractivity (Wildman–Crippen MR) is 74.9 cm³/mol. The first kappa shape index (κ1) is 13.7. The van der Waals surface area contributed by atoms with Crippen LogP contribution in [-0.4, -0.2) is 39.3 Å².